The van der Waals surface area contributed by atoms with E-state index >= 15 is 0 Å². The standard InChI is InChI=1S/C19H19NO5/c1-13-7-9-14(10-8-13)24-12-18(21)20-11-17(19(22)23-2)25-16-6-4-3-5-15(16)20/h3-10,17H,11-12H2,1-2H3/t17-/m0/s1. The van der Waals surface area contributed by atoms with Gasteiger partial charge in [-0.2, -0.15) is 0 Å². The monoisotopic (exact) mass is 341 g/mol. The van der Waals surface area contributed by atoms with Crippen LogP contribution in [0.1, 0.15) is 5.56 Å². The minimum Gasteiger partial charge on any atom is -0.484 e. The fraction of sp³-hybridized carbons (Fsp3) is 0.263. The molecule has 0 N–H and O–H groups in total. The molecule has 1 aliphatic rings. The Hall–Kier alpha value is -3.02. The zero-order chi connectivity index (χ0) is 17.8. The largest absolute Gasteiger partial charge is 0.484 e. The third kappa shape index (κ3) is 3.74. The molecular formula is C19H19NO5. The van der Waals surface area contributed by atoms with Crippen molar-refractivity contribution in [1.29, 1.82) is 0 Å². The van der Waals surface area contributed by atoms with Gasteiger partial charge in [-0.25, -0.2) is 4.79 Å². The van der Waals surface area contributed by atoms with E-state index in [1.807, 2.05) is 37.3 Å². The summed E-state index contributed by atoms with van der Waals surface area (Å²) in [6.07, 6.45) is -0.858. The van der Waals surface area contributed by atoms with Crippen LogP contribution in [0.2, 0.25) is 0 Å². The van der Waals surface area contributed by atoms with Crippen molar-refractivity contribution >= 4 is 17.6 Å². The first-order valence-corrected chi connectivity index (χ1v) is 7.92. The highest BCUT2D eigenvalue weighted by Gasteiger charge is 2.34. The van der Waals surface area contributed by atoms with Gasteiger partial charge in [-0.15, -0.1) is 0 Å². The van der Waals surface area contributed by atoms with E-state index in [0.717, 1.165) is 5.56 Å². The van der Waals surface area contributed by atoms with E-state index in [0.29, 0.717) is 17.2 Å². The molecule has 0 saturated carbocycles. The molecule has 1 heterocycles. The minimum atomic E-state index is -0.858. The summed E-state index contributed by atoms with van der Waals surface area (Å²) in [4.78, 5) is 26.0. The van der Waals surface area contributed by atoms with Crippen molar-refractivity contribution in [1.82, 2.24) is 0 Å². The number of carbonyl (C=O) groups excluding carboxylic acids is 2. The van der Waals surface area contributed by atoms with E-state index in [9.17, 15) is 9.59 Å². The number of benzene rings is 2. The van der Waals surface area contributed by atoms with Gasteiger partial charge in [0.2, 0.25) is 6.10 Å². The molecule has 0 saturated heterocycles. The lowest BCUT2D eigenvalue weighted by Gasteiger charge is -2.33. The molecule has 1 aliphatic heterocycles. The highest BCUT2D eigenvalue weighted by Crippen LogP contribution is 2.33. The summed E-state index contributed by atoms with van der Waals surface area (Å²) >= 11 is 0. The fourth-order valence-electron chi connectivity index (χ4n) is 2.58. The van der Waals surface area contributed by atoms with E-state index in [1.165, 1.54) is 12.0 Å². The van der Waals surface area contributed by atoms with Crippen LogP contribution >= 0.6 is 0 Å². The highest BCUT2D eigenvalue weighted by atomic mass is 16.6. The molecular weight excluding hydrogens is 322 g/mol. The van der Waals surface area contributed by atoms with Crippen LogP contribution in [-0.4, -0.2) is 38.2 Å². The maximum Gasteiger partial charge on any atom is 0.348 e. The van der Waals surface area contributed by atoms with Crippen molar-refractivity contribution in [2.24, 2.45) is 0 Å². The van der Waals surface area contributed by atoms with Crippen LogP contribution in [0.4, 0.5) is 5.69 Å². The third-order valence-electron chi connectivity index (χ3n) is 3.92. The maximum atomic E-state index is 12.7. The first-order valence-electron chi connectivity index (χ1n) is 7.92. The number of hydrogen-bond acceptors (Lipinski definition) is 5. The maximum absolute atomic E-state index is 12.7. The molecule has 6 heteroatoms. The van der Waals surface area contributed by atoms with Crippen LogP contribution in [0.25, 0.3) is 0 Å². The predicted molar refractivity (Wildman–Crippen MR) is 91.9 cm³/mol. The van der Waals surface area contributed by atoms with E-state index in [-0.39, 0.29) is 19.1 Å². The van der Waals surface area contributed by atoms with E-state index < -0.39 is 12.1 Å². The third-order valence-corrected chi connectivity index (χ3v) is 3.92. The Morgan fingerprint density at radius 2 is 1.88 bits per heavy atom. The topological polar surface area (TPSA) is 65.1 Å². The Balaban J connectivity index is 1.75. The summed E-state index contributed by atoms with van der Waals surface area (Å²) in [5.41, 5.74) is 1.72. The number of amides is 1. The van der Waals surface area contributed by atoms with Gasteiger partial charge in [-0.1, -0.05) is 29.8 Å². The average molecular weight is 341 g/mol. The Bertz CT molecular complexity index is 772. The van der Waals surface area contributed by atoms with Crippen molar-refractivity contribution in [2.45, 2.75) is 13.0 Å². The molecule has 0 aliphatic carbocycles. The molecule has 0 radical (unpaired) electrons. The van der Waals surface area contributed by atoms with Gasteiger partial charge >= 0.3 is 5.97 Å². The average Bonchev–Trinajstić information content (AvgIpc) is 2.65. The lowest BCUT2D eigenvalue weighted by Crippen LogP contribution is -2.48. The van der Waals surface area contributed by atoms with Gasteiger partial charge in [0.25, 0.3) is 5.91 Å². The van der Waals surface area contributed by atoms with E-state index in [1.54, 1.807) is 18.2 Å². The van der Waals surface area contributed by atoms with Crippen molar-refractivity contribution in [3.05, 3.63) is 54.1 Å². The van der Waals surface area contributed by atoms with Crippen molar-refractivity contribution in [3.63, 3.8) is 0 Å². The fourth-order valence-corrected chi connectivity index (χ4v) is 2.58. The van der Waals surface area contributed by atoms with Crippen LogP contribution in [0.15, 0.2) is 48.5 Å². The molecule has 0 spiro atoms. The molecule has 6 nitrogen and oxygen atoms in total. The molecule has 2 aromatic carbocycles. The van der Waals surface area contributed by atoms with Gasteiger partial charge < -0.3 is 19.1 Å². The summed E-state index contributed by atoms with van der Waals surface area (Å²) < 4.78 is 15.9. The SMILES string of the molecule is COC(=O)[C@@H]1CN(C(=O)COc2ccc(C)cc2)c2ccccc2O1. The summed E-state index contributed by atoms with van der Waals surface area (Å²) in [5, 5.41) is 0. The number of fused-ring (bicyclic) bond motifs is 1. The lowest BCUT2D eigenvalue weighted by atomic mass is 10.2. The molecule has 1 amide bonds. The second kappa shape index (κ2) is 7.25. The number of hydrogen-bond donors (Lipinski definition) is 0. The van der Waals surface area contributed by atoms with Gasteiger partial charge in [-0.05, 0) is 31.2 Å². The van der Waals surface area contributed by atoms with Crippen LogP contribution in [0.3, 0.4) is 0 Å². The van der Waals surface area contributed by atoms with E-state index in [4.69, 9.17) is 14.2 Å². The van der Waals surface area contributed by atoms with Crippen molar-refractivity contribution in [2.75, 3.05) is 25.2 Å². The van der Waals surface area contributed by atoms with Crippen molar-refractivity contribution in [3.8, 4) is 11.5 Å². The molecule has 2 aromatic rings. The number of carbonyl (C=O) groups is 2. The van der Waals surface area contributed by atoms with Gasteiger partial charge in [0, 0.05) is 0 Å². The minimum absolute atomic E-state index is 0.0831. The first kappa shape index (κ1) is 16.8. The van der Waals surface area contributed by atoms with Gasteiger partial charge in [0.05, 0.1) is 19.3 Å². The van der Waals surface area contributed by atoms with Crippen LogP contribution in [0, 0.1) is 6.92 Å². The number of para-hydroxylation sites is 2. The quantitative estimate of drug-likeness (QED) is 0.799. The highest BCUT2D eigenvalue weighted by molar-refractivity contribution is 5.97. The number of nitrogens with zero attached hydrogens (tertiary/aromatic N) is 1. The number of ether oxygens (including phenoxy) is 3. The molecule has 130 valence electrons. The Morgan fingerprint density at radius 1 is 1.16 bits per heavy atom. The molecule has 1 atom stereocenters. The van der Waals surface area contributed by atoms with Crippen LogP contribution in [-0.2, 0) is 14.3 Å². The van der Waals surface area contributed by atoms with Crippen LogP contribution in [0.5, 0.6) is 11.5 Å². The predicted octanol–water partition coefficient (Wildman–Crippen LogP) is 2.34. The Labute approximate surface area is 145 Å². The van der Waals surface area contributed by atoms with Crippen molar-refractivity contribution < 1.29 is 23.8 Å². The van der Waals surface area contributed by atoms with Crippen LogP contribution < -0.4 is 14.4 Å². The molecule has 0 fully saturated rings. The number of esters is 1. The Morgan fingerprint density at radius 3 is 2.60 bits per heavy atom. The normalized spacial score (nSPS) is 15.8. The molecule has 3 rings (SSSR count). The number of aryl methyl sites for hydroxylation is 1. The lowest BCUT2D eigenvalue weighted by molar-refractivity contribution is -0.148. The summed E-state index contributed by atoms with van der Waals surface area (Å²) in [7, 11) is 1.29. The van der Waals surface area contributed by atoms with Gasteiger partial charge in [0.1, 0.15) is 11.5 Å². The molecule has 0 unspecified atom stereocenters. The Kier molecular flexibility index (Phi) is 4.88. The zero-order valence-electron chi connectivity index (χ0n) is 14.1. The molecule has 25 heavy (non-hydrogen) atoms. The molecule has 0 bridgehead atoms. The first-order chi connectivity index (χ1) is 12.1. The summed E-state index contributed by atoms with van der Waals surface area (Å²) in [6, 6.07) is 14.5. The second-order valence-corrected chi connectivity index (χ2v) is 5.70. The summed E-state index contributed by atoms with van der Waals surface area (Å²) in [5.74, 6) is 0.301. The summed E-state index contributed by atoms with van der Waals surface area (Å²) in [6.45, 7) is 1.93. The zero-order valence-corrected chi connectivity index (χ0v) is 14.1. The number of rotatable bonds is 4. The smallest absolute Gasteiger partial charge is 0.348 e. The van der Waals surface area contributed by atoms with E-state index in [2.05, 4.69) is 0 Å². The number of methoxy groups -OCH3 is 1. The second-order valence-electron chi connectivity index (χ2n) is 5.70. The van der Waals surface area contributed by atoms with Gasteiger partial charge in [0.15, 0.2) is 6.61 Å². The number of anilines is 1. The molecule has 0 aromatic heterocycles. The van der Waals surface area contributed by atoms with Gasteiger partial charge in [-0.3, -0.25) is 4.79 Å².